The second-order valence-corrected chi connectivity index (χ2v) is 6.62. The molecule has 1 aliphatic heterocycles. The molecule has 0 aromatic heterocycles. The van der Waals surface area contributed by atoms with Gasteiger partial charge in [0.15, 0.2) is 0 Å². The van der Waals surface area contributed by atoms with Crippen molar-refractivity contribution in [1.29, 1.82) is 0 Å². The molecular formula is C15H30N2O3. The number of amides is 1. The van der Waals surface area contributed by atoms with Gasteiger partial charge in [0.2, 0.25) is 0 Å². The molecule has 0 aromatic carbocycles. The maximum Gasteiger partial charge on any atom is 0.407 e. The number of rotatable bonds is 6. The van der Waals surface area contributed by atoms with Crippen molar-refractivity contribution in [2.24, 2.45) is 5.92 Å². The Morgan fingerprint density at radius 1 is 1.45 bits per heavy atom. The maximum atomic E-state index is 11.6. The lowest BCUT2D eigenvalue weighted by Crippen LogP contribution is -2.39. The lowest BCUT2D eigenvalue weighted by Gasteiger charge is -2.23. The van der Waals surface area contributed by atoms with Crippen LogP contribution in [0.15, 0.2) is 0 Å². The van der Waals surface area contributed by atoms with Crippen molar-refractivity contribution in [3.05, 3.63) is 0 Å². The monoisotopic (exact) mass is 286 g/mol. The molecule has 0 bridgehead atoms. The molecule has 1 saturated heterocycles. The minimum Gasteiger partial charge on any atom is -0.444 e. The summed E-state index contributed by atoms with van der Waals surface area (Å²) in [6, 6.07) is 0.111. The highest BCUT2D eigenvalue weighted by atomic mass is 16.6. The van der Waals surface area contributed by atoms with E-state index in [0.717, 1.165) is 32.7 Å². The highest BCUT2D eigenvalue weighted by Crippen LogP contribution is 2.12. The minimum atomic E-state index is -0.441. The van der Waals surface area contributed by atoms with Crippen LogP contribution in [0.5, 0.6) is 0 Å². The first-order valence-electron chi connectivity index (χ1n) is 7.65. The summed E-state index contributed by atoms with van der Waals surface area (Å²) in [7, 11) is 0. The smallest absolute Gasteiger partial charge is 0.407 e. The van der Waals surface area contributed by atoms with Gasteiger partial charge < -0.3 is 20.1 Å². The van der Waals surface area contributed by atoms with E-state index in [0.29, 0.717) is 5.92 Å². The van der Waals surface area contributed by atoms with Gasteiger partial charge in [0, 0.05) is 19.2 Å². The van der Waals surface area contributed by atoms with Crippen molar-refractivity contribution >= 4 is 6.09 Å². The Bertz CT molecular complexity index is 283. The predicted molar refractivity (Wildman–Crippen MR) is 79.9 cm³/mol. The molecule has 1 heterocycles. The van der Waals surface area contributed by atoms with Crippen molar-refractivity contribution in [2.45, 2.75) is 58.6 Å². The van der Waals surface area contributed by atoms with Crippen molar-refractivity contribution in [1.82, 2.24) is 10.6 Å². The first-order chi connectivity index (χ1) is 9.37. The first kappa shape index (κ1) is 17.2. The van der Waals surface area contributed by atoms with Gasteiger partial charge in [-0.25, -0.2) is 4.79 Å². The van der Waals surface area contributed by atoms with Crippen molar-refractivity contribution in [2.75, 3.05) is 26.3 Å². The number of carbonyl (C=O) groups excluding carboxylic acids is 1. The molecule has 20 heavy (non-hydrogen) atoms. The molecule has 0 radical (unpaired) electrons. The van der Waals surface area contributed by atoms with E-state index in [-0.39, 0.29) is 12.1 Å². The van der Waals surface area contributed by atoms with Gasteiger partial charge in [0.1, 0.15) is 5.60 Å². The lowest BCUT2D eigenvalue weighted by atomic mass is 10.0. The third-order valence-electron chi connectivity index (χ3n) is 3.20. The summed E-state index contributed by atoms with van der Waals surface area (Å²) in [5, 5.41) is 6.28. The van der Waals surface area contributed by atoms with Crippen LogP contribution in [0.1, 0.15) is 47.0 Å². The van der Waals surface area contributed by atoms with Crippen LogP contribution in [-0.4, -0.2) is 44.0 Å². The standard InChI is InChI=1S/C15H30N2O3/c1-12(17-14(18)20-15(2,3)4)7-8-16-10-13-6-5-9-19-11-13/h12-13,16H,5-11H2,1-4H3,(H,17,18). The molecule has 0 aliphatic carbocycles. The summed E-state index contributed by atoms with van der Waals surface area (Å²) in [4.78, 5) is 11.6. The second kappa shape index (κ2) is 8.47. The number of hydrogen-bond donors (Lipinski definition) is 2. The van der Waals surface area contributed by atoms with Gasteiger partial charge in [0.25, 0.3) is 0 Å². The fourth-order valence-electron chi connectivity index (χ4n) is 2.17. The molecule has 1 amide bonds. The van der Waals surface area contributed by atoms with Crippen molar-refractivity contribution in [3.63, 3.8) is 0 Å². The molecule has 1 fully saturated rings. The molecule has 0 aromatic rings. The number of hydrogen-bond acceptors (Lipinski definition) is 4. The zero-order valence-electron chi connectivity index (χ0n) is 13.3. The summed E-state index contributed by atoms with van der Waals surface area (Å²) < 4.78 is 10.7. The number of carbonyl (C=O) groups is 1. The van der Waals surface area contributed by atoms with E-state index in [1.165, 1.54) is 12.8 Å². The second-order valence-electron chi connectivity index (χ2n) is 6.62. The summed E-state index contributed by atoms with van der Waals surface area (Å²) in [6.07, 6.45) is 2.97. The van der Waals surface area contributed by atoms with E-state index in [4.69, 9.17) is 9.47 Å². The summed E-state index contributed by atoms with van der Waals surface area (Å²) in [5.74, 6) is 0.637. The van der Waals surface area contributed by atoms with Crippen LogP contribution in [0.2, 0.25) is 0 Å². The minimum absolute atomic E-state index is 0.111. The van der Waals surface area contributed by atoms with Crippen molar-refractivity contribution in [3.8, 4) is 0 Å². The summed E-state index contributed by atoms with van der Waals surface area (Å²) in [5.41, 5.74) is -0.441. The lowest BCUT2D eigenvalue weighted by molar-refractivity contribution is 0.0504. The Balaban J connectivity index is 2.04. The molecule has 2 N–H and O–H groups in total. The average molecular weight is 286 g/mol. The molecule has 0 spiro atoms. The fraction of sp³-hybridized carbons (Fsp3) is 0.933. The zero-order chi connectivity index (χ0) is 15.0. The van der Waals surface area contributed by atoms with Crippen LogP contribution in [0.25, 0.3) is 0 Å². The van der Waals surface area contributed by atoms with Gasteiger partial charge in [-0.1, -0.05) is 0 Å². The molecule has 118 valence electrons. The van der Waals surface area contributed by atoms with E-state index in [1.807, 2.05) is 27.7 Å². The molecule has 5 nitrogen and oxygen atoms in total. The van der Waals surface area contributed by atoms with Crippen LogP contribution in [0.3, 0.4) is 0 Å². The third kappa shape index (κ3) is 8.38. The van der Waals surface area contributed by atoms with Crippen LogP contribution >= 0.6 is 0 Å². The van der Waals surface area contributed by atoms with Crippen LogP contribution in [-0.2, 0) is 9.47 Å². The molecule has 1 aliphatic rings. The zero-order valence-corrected chi connectivity index (χ0v) is 13.3. The van der Waals surface area contributed by atoms with Gasteiger partial charge in [0.05, 0.1) is 6.61 Å². The number of nitrogens with one attached hydrogen (secondary N) is 2. The quantitative estimate of drug-likeness (QED) is 0.736. The highest BCUT2D eigenvalue weighted by Gasteiger charge is 2.17. The number of alkyl carbamates (subject to hydrolysis) is 1. The molecular weight excluding hydrogens is 256 g/mol. The Morgan fingerprint density at radius 3 is 2.80 bits per heavy atom. The van der Waals surface area contributed by atoms with E-state index in [9.17, 15) is 4.79 Å². The summed E-state index contributed by atoms with van der Waals surface area (Å²) in [6.45, 7) is 11.3. The molecule has 1 rings (SSSR count). The van der Waals surface area contributed by atoms with E-state index in [2.05, 4.69) is 10.6 Å². The highest BCUT2D eigenvalue weighted by molar-refractivity contribution is 5.67. The van der Waals surface area contributed by atoms with Gasteiger partial charge in [-0.3, -0.25) is 0 Å². The van der Waals surface area contributed by atoms with Gasteiger partial charge in [-0.15, -0.1) is 0 Å². The van der Waals surface area contributed by atoms with Gasteiger partial charge in [-0.2, -0.15) is 0 Å². The SMILES string of the molecule is CC(CCNCC1CCCOC1)NC(=O)OC(C)(C)C. The average Bonchev–Trinajstić information content (AvgIpc) is 2.33. The van der Waals surface area contributed by atoms with Gasteiger partial charge >= 0.3 is 6.09 Å². The number of ether oxygens (including phenoxy) is 2. The van der Waals surface area contributed by atoms with E-state index >= 15 is 0 Å². The Hall–Kier alpha value is -0.810. The predicted octanol–water partition coefficient (Wildman–Crippen LogP) is 2.31. The maximum absolute atomic E-state index is 11.6. The Kier molecular flexibility index (Phi) is 7.30. The topological polar surface area (TPSA) is 59.6 Å². The van der Waals surface area contributed by atoms with Crippen LogP contribution in [0, 0.1) is 5.92 Å². The molecule has 2 unspecified atom stereocenters. The molecule has 5 heteroatoms. The largest absolute Gasteiger partial charge is 0.444 e. The summed E-state index contributed by atoms with van der Waals surface area (Å²) >= 11 is 0. The third-order valence-corrected chi connectivity index (χ3v) is 3.20. The Morgan fingerprint density at radius 2 is 2.20 bits per heavy atom. The Labute approximate surface area is 122 Å². The fourth-order valence-corrected chi connectivity index (χ4v) is 2.17. The molecule has 0 saturated carbocycles. The normalized spacial score (nSPS) is 21.3. The van der Waals surface area contributed by atoms with E-state index < -0.39 is 5.60 Å². The first-order valence-corrected chi connectivity index (χ1v) is 7.65. The van der Waals surface area contributed by atoms with E-state index in [1.54, 1.807) is 0 Å². The van der Waals surface area contributed by atoms with Crippen LogP contribution in [0.4, 0.5) is 4.79 Å². The van der Waals surface area contributed by atoms with Gasteiger partial charge in [-0.05, 0) is 59.4 Å². The van der Waals surface area contributed by atoms with Crippen LogP contribution < -0.4 is 10.6 Å². The van der Waals surface area contributed by atoms with Crippen molar-refractivity contribution < 1.29 is 14.3 Å². The molecule has 2 atom stereocenters.